The maximum Gasteiger partial charge on any atom is 0.136 e. The van der Waals surface area contributed by atoms with Gasteiger partial charge in [0.25, 0.3) is 0 Å². The van der Waals surface area contributed by atoms with Crippen molar-refractivity contribution in [2.75, 3.05) is 4.90 Å². The lowest BCUT2D eigenvalue weighted by Crippen LogP contribution is -2.16. The van der Waals surface area contributed by atoms with E-state index in [9.17, 15) is 0 Å². The summed E-state index contributed by atoms with van der Waals surface area (Å²) in [6.07, 6.45) is 0. The molecule has 0 spiro atoms. The number of para-hydroxylation sites is 3. The summed E-state index contributed by atoms with van der Waals surface area (Å²) in [4.78, 5) is 2.45. The van der Waals surface area contributed by atoms with E-state index in [0.29, 0.717) is 0 Å². The molecule has 7 aromatic carbocycles. The van der Waals surface area contributed by atoms with E-state index in [1.54, 1.807) is 0 Å². The molecule has 8 aromatic rings. The fraction of sp³-hybridized carbons (Fsp3) is 0.0667. The van der Waals surface area contributed by atoms with Crippen molar-refractivity contribution in [3.05, 3.63) is 175 Å². The summed E-state index contributed by atoms with van der Waals surface area (Å²) in [5.74, 6) is 0. The second-order valence-corrected chi connectivity index (χ2v) is 12.9. The summed E-state index contributed by atoms with van der Waals surface area (Å²) in [6.45, 7) is 4.68. The Kier molecular flexibility index (Phi) is 6.20. The largest absolute Gasteiger partial charge is 0.456 e. The second-order valence-electron chi connectivity index (χ2n) is 12.9. The first kappa shape index (κ1) is 27.5. The van der Waals surface area contributed by atoms with Gasteiger partial charge in [-0.2, -0.15) is 0 Å². The molecule has 1 aliphatic carbocycles. The average molecular weight is 604 g/mol. The van der Waals surface area contributed by atoms with Crippen LogP contribution in [0.5, 0.6) is 0 Å². The molecule has 47 heavy (non-hydrogen) atoms. The summed E-state index contributed by atoms with van der Waals surface area (Å²) >= 11 is 0. The van der Waals surface area contributed by atoms with Gasteiger partial charge in [-0.05, 0) is 69.8 Å². The van der Waals surface area contributed by atoms with Crippen LogP contribution in [0.15, 0.2) is 168 Å². The van der Waals surface area contributed by atoms with Crippen LogP contribution in [-0.4, -0.2) is 0 Å². The van der Waals surface area contributed by atoms with Crippen molar-refractivity contribution in [1.82, 2.24) is 0 Å². The smallest absolute Gasteiger partial charge is 0.136 e. The highest BCUT2D eigenvalue weighted by Gasteiger charge is 2.35. The lowest BCUT2D eigenvalue weighted by atomic mass is 9.82. The number of benzene rings is 7. The fourth-order valence-corrected chi connectivity index (χ4v) is 7.68. The molecule has 0 bridgehead atoms. The van der Waals surface area contributed by atoms with Crippen LogP contribution in [0.3, 0.4) is 0 Å². The highest BCUT2D eigenvalue weighted by molar-refractivity contribution is 6.14. The van der Waals surface area contributed by atoms with E-state index in [1.165, 1.54) is 33.4 Å². The standard InChI is InChI=1S/C45H33NO/c1-45(2)38-22-10-6-18-33(38)37-29-31(27-28-39(37)45)46(40-23-11-7-17-32(40)30-15-4-3-5-16-30)41-24-12-8-19-34(41)35-21-14-26-43-44(35)36-20-9-13-25-42(36)47-43/h3-29H,1-2H3. The van der Waals surface area contributed by atoms with Gasteiger partial charge in [0.1, 0.15) is 11.2 Å². The molecule has 9 rings (SSSR count). The van der Waals surface area contributed by atoms with E-state index >= 15 is 0 Å². The van der Waals surface area contributed by atoms with Gasteiger partial charge in [-0.1, -0.05) is 141 Å². The molecule has 0 fully saturated rings. The van der Waals surface area contributed by atoms with Crippen LogP contribution in [0, 0.1) is 0 Å². The lowest BCUT2D eigenvalue weighted by molar-refractivity contribution is 0.660. The lowest BCUT2D eigenvalue weighted by Gasteiger charge is -2.31. The molecule has 2 heteroatoms. The number of anilines is 3. The predicted octanol–water partition coefficient (Wildman–Crippen LogP) is 12.7. The Hall–Kier alpha value is -5.86. The molecule has 1 aromatic heterocycles. The van der Waals surface area contributed by atoms with Crippen molar-refractivity contribution in [3.8, 4) is 33.4 Å². The van der Waals surface area contributed by atoms with Crippen molar-refractivity contribution in [2.24, 2.45) is 0 Å². The Morgan fingerprint density at radius 3 is 1.87 bits per heavy atom. The number of hydrogen-bond donors (Lipinski definition) is 0. The van der Waals surface area contributed by atoms with E-state index in [0.717, 1.165) is 50.1 Å². The zero-order chi connectivity index (χ0) is 31.5. The van der Waals surface area contributed by atoms with Crippen molar-refractivity contribution >= 4 is 39.0 Å². The number of fused-ring (bicyclic) bond motifs is 6. The average Bonchev–Trinajstić information content (AvgIpc) is 3.62. The second kappa shape index (κ2) is 10.6. The molecule has 2 nitrogen and oxygen atoms in total. The molecule has 224 valence electrons. The first-order valence-corrected chi connectivity index (χ1v) is 16.3. The molecule has 0 amide bonds. The van der Waals surface area contributed by atoms with Gasteiger partial charge in [-0.25, -0.2) is 0 Å². The number of furan rings is 1. The summed E-state index contributed by atoms with van der Waals surface area (Å²) in [6, 6.07) is 58.9. The Labute approximate surface area is 275 Å². The topological polar surface area (TPSA) is 16.4 Å². The minimum Gasteiger partial charge on any atom is -0.456 e. The first-order valence-electron chi connectivity index (χ1n) is 16.3. The fourth-order valence-electron chi connectivity index (χ4n) is 7.68. The Bertz CT molecular complexity index is 2450. The Morgan fingerprint density at radius 1 is 0.447 bits per heavy atom. The van der Waals surface area contributed by atoms with E-state index < -0.39 is 0 Å². The quantitative estimate of drug-likeness (QED) is 0.195. The van der Waals surface area contributed by atoms with E-state index in [2.05, 4.69) is 176 Å². The molecule has 0 aliphatic heterocycles. The van der Waals surface area contributed by atoms with Gasteiger partial charge in [0, 0.05) is 33.0 Å². The third-order valence-corrected chi connectivity index (χ3v) is 9.89. The number of hydrogen-bond acceptors (Lipinski definition) is 2. The SMILES string of the molecule is CC1(C)c2ccccc2-c2cc(N(c3ccccc3-c3ccccc3)c3ccccc3-c3cccc4oc5ccccc5c34)ccc21. The van der Waals surface area contributed by atoms with Gasteiger partial charge in [0.15, 0.2) is 0 Å². The highest BCUT2D eigenvalue weighted by Crippen LogP contribution is 2.52. The molecule has 0 N–H and O–H groups in total. The van der Waals surface area contributed by atoms with Gasteiger partial charge in [0.05, 0.1) is 11.4 Å². The molecule has 0 atom stereocenters. The van der Waals surface area contributed by atoms with Crippen molar-refractivity contribution in [2.45, 2.75) is 19.3 Å². The zero-order valence-electron chi connectivity index (χ0n) is 26.4. The van der Waals surface area contributed by atoms with Crippen molar-refractivity contribution in [1.29, 1.82) is 0 Å². The molecular formula is C45H33NO. The summed E-state index contributed by atoms with van der Waals surface area (Å²) in [7, 11) is 0. The third-order valence-electron chi connectivity index (χ3n) is 9.89. The van der Waals surface area contributed by atoms with Crippen LogP contribution in [0.25, 0.3) is 55.3 Å². The van der Waals surface area contributed by atoms with Crippen molar-refractivity contribution < 1.29 is 4.42 Å². The van der Waals surface area contributed by atoms with Crippen LogP contribution in [0.2, 0.25) is 0 Å². The molecule has 0 radical (unpaired) electrons. The Morgan fingerprint density at radius 2 is 1.04 bits per heavy atom. The normalized spacial score (nSPS) is 13.1. The minimum absolute atomic E-state index is 0.0624. The molecule has 0 unspecified atom stereocenters. The maximum atomic E-state index is 6.35. The molecule has 1 heterocycles. The van der Waals surface area contributed by atoms with Gasteiger partial charge in [-0.3, -0.25) is 0 Å². The summed E-state index contributed by atoms with van der Waals surface area (Å²) in [5.41, 5.74) is 15.1. The van der Waals surface area contributed by atoms with Crippen molar-refractivity contribution in [3.63, 3.8) is 0 Å². The first-order chi connectivity index (χ1) is 23.1. The Balaban J connectivity index is 1.34. The number of nitrogens with zero attached hydrogens (tertiary/aromatic N) is 1. The van der Waals surface area contributed by atoms with Crippen LogP contribution >= 0.6 is 0 Å². The van der Waals surface area contributed by atoms with E-state index in [-0.39, 0.29) is 5.41 Å². The van der Waals surface area contributed by atoms with Gasteiger partial charge < -0.3 is 9.32 Å². The van der Waals surface area contributed by atoms with Crippen LogP contribution in [-0.2, 0) is 5.41 Å². The number of rotatable bonds is 5. The van der Waals surface area contributed by atoms with Gasteiger partial charge in [0.2, 0.25) is 0 Å². The van der Waals surface area contributed by atoms with Crippen LogP contribution < -0.4 is 4.90 Å². The molecule has 0 saturated carbocycles. The minimum atomic E-state index is -0.0624. The summed E-state index contributed by atoms with van der Waals surface area (Å²) < 4.78 is 6.35. The monoisotopic (exact) mass is 603 g/mol. The third kappa shape index (κ3) is 4.26. The van der Waals surface area contributed by atoms with E-state index in [1.807, 2.05) is 6.07 Å². The van der Waals surface area contributed by atoms with Crippen LogP contribution in [0.1, 0.15) is 25.0 Å². The zero-order valence-corrected chi connectivity index (χ0v) is 26.4. The van der Waals surface area contributed by atoms with Gasteiger partial charge >= 0.3 is 0 Å². The highest BCUT2D eigenvalue weighted by atomic mass is 16.3. The van der Waals surface area contributed by atoms with E-state index in [4.69, 9.17) is 4.42 Å². The molecule has 1 aliphatic rings. The summed E-state index contributed by atoms with van der Waals surface area (Å²) in [5, 5.41) is 2.26. The molecule has 0 saturated heterocycles. The maximum absolute atomic E-state index is 6.35. The van der Waals surface area contributed by atoms with Gasteiger partial charge in [-0.15, -0.1) is 0 Å². The molecular weight excluding hydrogens is 571 g/mol. The predicted molar refractivity (Wildman–Crippen MR) is 197 cm³/mol. The van der Waals surface area contributed by atoms with Crippen LogP contribution in [0.4, 0.5) is 17.1 Å².